The van der Waals surface area contributed by atoms with E-state index in [0.29, 0.717) is 28.4 Å². The molecule has 0 aliphatic carbocycles. The Morgan fingerprint density at radius 1 is 1.38 bits per heavy atom. The first-order valence-electron chi connectivity index (χ1n) is 6.77. The van der Waals surface area contributed by atoms with Crippen molar-refractivity contribution in [2.24, 2.45) is 5.92 Å². The van der Waals surface area contributed by atoms with Crippen LogP contribution in [0.2, 0.25) is 0 Å². The predicted molar refractivity (Wildman–Crippen MR) is 81.5 cm³/mol. The van der Waals surface area contributed by atoms with E-state index in [1.165, 1.54) is 6.07 Å². The van der Waals surface area contributed by atoms with Gasteiger partial charge in [0.15, 0.2) is 5.76 Å². The van der Waals surface area contributed by atoms with Gasteiger partial charge in [-0.15, -0.1) is 0 Å². The summed E-state index contributed by atoms with van der Waals surface area (Å²) in [6.07, 6.45) is 0. The van der Waals surface area contributed by atoms with E-state index >= 15 is 0 Å². The lowest BCUT2D eigenvalue weighted by atomic mass is 10.2. The first kappa shape index (κ1) is 16.0. The Morgan fingerprint density at radius 2 is 2.19 bits per heavy atom. The fraction of sp³-hybridized carbons (Fsp3) is 0.400. The average Bonchev–Trinajstić information content (AvgIpc) is 2.88. The Balaban J connectivity index is 1.83. The summed E-state index contributed by atoms with van der Waals surface area (Å²) in [5.41, 5.74) is 0.830. The molecule has 1 N–H and O–H groups in total. The van der Waals surface area contributed by atoms with Gasteiger partial charge < -0.3 is 14.6 Å². The van der Waals surface area contributed by atoms with Crippen LogP contribution in [0.15, 0.2) is 33.3 Å². The van der Waals surface area contributed by atoms with Gasteiger partial charge in [0.05, 0.1) is 10.2 Å². The number of aromatic nitrogens is 1. The van der Waals surface area contributed by atoms with Crippen LogP contribution in [0.3, 0.4) is 0 Å². The zero-order chi connectivity index (χ0) is 15.2. The smallest absolute Gasteiger partial charge is 0.174 e. The molecule has 6 heteroatoms. The molecule has 0 aliphatic heterocycles. The van der Waals surface area contributed by atoms with Crippen LogP contribution in [-0.4, -0.2) is 11.7 Å². The van der Waals surface area contributed by atoms with Crippen LogP contribution in [0, 0.1) is 11.7 Å². The molecule has 2 aromatic rings. The van der Waals surface area contributed by atoms with Gasteiger partial charge in [-0.3, -0.25) is 0 Å². The third-order valence-electron chi connectivity index (χ3n) is 2.74. The molecule has 0 unspecified atom stereocenters. The van der Waals surface area contributed by atoms with E-state index < -0.39 is 0 Å². The van der Waals surface area contributed by atoms with Gasteiger partial charge in [0.1, 0.15) is 18.2 Å². The molecule has 0 fully saturated rings. The van der Waals surface area contributed by atoms with Crippen molar-refractivity contribution >= 4 is 15.9 Å². The van der Waals surface area contributed by atoms with Gasteiger partial charge in [0.25, 0.3) is 0 Å². The van der Waals surface area contributed by atoms with Gasteiger partial charge in [-0.05, 0) is 40.5 Å². The molecule has 2 rings (SSSR count). The molecule has 21 heavy (non-hydrogen) atoms. The first-order valence-corrected chi connectivity index (χ1v) is 7.57. The minimum absolute atomic E-state index is 0.220. The van der Waals surface area contributed by atoms with Crippen molar-refractivity contribution in [2.75, 3.05) is 6.54 Å². The second-order valence-electron chi connectivity index (χ2n) is 5.17. The van der Waals surface area contributed by atoms with Crippen molar-refractivity contribution in [2.45, 2.75) is 27.0 Å². The largest absolute Gasteiger partial charge is 0.485 e. The molecule has 0 aliphatic rings. The lowest BCUT2D eigenvalue weighted by Gasteiger charge is -2.04. The number of hydrogen-bond donors (Lipinski definition) is 1. The summed E-state index contributed by atoms with van der Waals surface area (Å²) in [6, 6.07) is 6.45. The summed E-state index contributed by atoms with van der Waals surface area (Å²) in [4.78, 5) is 0. The molecule has 114 valence electrons. The molecule has 0 bridgehead atoms. The minimum atomic E-state index is -0.358. The van der Waals surface area contributed by atoms with Crippen molar-refractivity contribution in [3.63, 3.8) is 0 Å². The van der Waals surface area contributed by atoms with Gasteiger partial charge >= 0.3 is 0 Å². The highest BCUT2D eigenvalue weighted by molar-refractivity contribution is 9.10. The zero-order valence-corrected chi connectivity index (χ0v) is 13.6. The summed E-state index contributed by atoms with van der Waals surface area (Å²) in [5, 5.41) is 7.24. The van der Waals surface area contributed by atoms with E-state index in [2.05, 4.69) is 40.3 Å². The maximum Gasteiger partial charge on any atom is 0.174 e. The number of nitrogens with one attached hydrogen (secondary N) is 1. The summed E-state index contributed by atoms with van der Waals surface area (Å²) in [5.74, 6) is 1.29. The Morgan fingerprint density at radius 3 is 2.90 bits per heavy atom. The van der Waals surface area contributed by atoms with E-state index in [1.54, 1.807) is 12.1 Å². The molecule has 1 aromatic carbocycles. The molecule has 0 atom stereocenters. The lowest BCUT2D eigenvalue weighted by Crippen LogP contribution is -2.19. The number of halogens is 2. The van der Waals surface area contributed by atoms with Crippen molar-refractivity contribution in [1.29, 1.82) is 0 Å². The molecule has 0 radical (unpaired) electrons. The average molecular weight is 357 g/mol. The van der Waals surface area contributed by atoms with Crippen molar-refractivity contribution in [3.8, 4) is 5.75 Å². The van der Waals surface area contributed by atoms with Crippen LogP contribution < -0.4 is 10.1 Å². The topological polar surface area (TPSA) is 47.3 Å². The van der Waals surface area contributed by atoms with Crippen LogP contribution >= 0.6 is 15.9 Å². The number of benzene rings is 1. The molecular formula is C15H18BrFN2O2. The molecule has 4 nitrogen and oxygen atoms in total. The van der Waals surface area contributed by atoms with E-state index in [9.17, 15) is 4.39 Å². The van der Waals surface area contributed by atoms with Gasteiger partial charge in [0.2, 0.25) is 0 Å². The predicted octanol–water partition coefficient (Wildman–Crippen LogP) is 3.90. The Labute approximate surface area is 131 Å². The lowest BCUT2D eigenvalue weighted by molar-refractivity contribution is 0.247. The SMILES string of the molecule is CC(C)CNCc1cc(COc2ccc(Br)c(F)c2)on1. The van der Waals surface area contributed by atoms with Gasteiger partial charge in [-0.25, -0.2) is 4.39 Å². The standard InChI is InChI=1S/C15H18BrFN2O2/c1-10(2)7-18-8-11-5-13(21-19-11)9-20-12-3-4-14(16)15(17)6-12/h3-6,10,18H,7-9H2,1-2H3. The van der Waals surface area contributed by atoms with Gasteiger partial charge in [0, 0.05) is 18.7 Å². The maximum absolute atomic E-state index is 13.3. The molecular weight excluding hydrogens is 339 g/mol. The molecule has 0 saturated carbocycles. The third kappa shape index (κ3) is 5.13. The van der Waals surface area contributed by atoms with Crippen LogP contribution in [0.4, 0.5) is 4.39 Å². The molecule has 0 saturated heterocycles. The first-order chi connectivity index (χ1) is 10.0. The summed E-state index contributed by atoms with van der Waals surface area (Å²) in [7, 11) is 0. The van der Waals surface area contributed by atoms with E-state index in [-0.39, 0.29) is 12.4 Å². The normalized spacial score (nSPS) is 11.1. The maximum atomic E-state index is 13.3. The molecule has 1 heterocycles. The Hall–Kier alpha value is -1.40. The minimum Gasteiger partial charge on any atom is -0.485 e. The van der Waals surface area contributed by atoms with Crippen molar-refractivity contribution in [3.05, 3.63) is 46.0 Å². The van der Waals surface area contributed by atoms with E-state index in [1.807, 2.05) is 6.07 Å². The quantitative estimate of drug-likeness (QED) is 0.817. The third-order valence-corrected chi connectivity index (χ3v) is 3.38. The van der Waals surface area contributed by atoms with Crippen LogP contribution in [0.5, 0.6) is 5.75 Å². The van der Waals surface area contributed by atoms with Crippen molar-refractivity contribution < 1.29 is 13.7 Å². The number of rotatable bonds is 7. The van der Waals surface area contributed by atoms with Crippen LogP contribution in [0.25, 0.3) is 0 Å². The molecule has 0 amide bonds. The summed E-state index contributed by atoms with van der Waals surface area (Å²) in [6.45, 7) is 6.10. The monoisotopic (exact) mass is 356 g/mol. The van der Waals surface area contributed by atoms with E-state index in [4.69, 9.17) is 9.26 Å². The van der Waals surface area contributed by atoms with Crippen molar-refractivity contribution in [1.82, 2.24) is 10.5 Å². The highest BCUT2D eigenvalue weighted by atomic mass is 79.9. The van der Waals surface area contributed by atoms with Gasteiger partial charge in [-0.2, -0.15) is 0 Å². The molecule has 0 spiro atoms. The molecule has 1 aromatic heterocycles. The Bertz CT molecular complexity index is 587. The second-order valence-corrected chi connectivity index (χ2v) is 6.03. The van der Waals surface area contributed by atoms with Gasteiger partial charge in [-0.1, -0.05) is 19.0 Å². The number of hydrogen-bond acceptors (Lipinski definition) is 4. The number of ether oxygens (including phenoxy) is 1. The summed E-state index contributed by atoms with van der Waals surface area (Å²) < 4.78 is 24.4. The fourth-order valence-corrected chi connectivity index (χ4v) is 1.96. The zero-order valence-electron chi connectivity index (χ0n) is 12.0. The van der Waals surface area contributed by atoms with E-state index in [0.717, 1.165) is 12.2 Å². The van der Waals surface area contributed by atoms with Crippen LogP contribution in [0.1, 0.15) is 25.3 Å². The second kappa shape index (κ2) is 7.56. The van der Waals surface area contributed by atoms with Crippen LogP contribution in [-0.2, 0) is 13.2 Å². The fourth-order valence-electron chi connectivity index (χ4n) is 1.72. The number of nitrogens with zero attached hydrogens (tertiary/aromatic N) is 1. The Kier molecular flexibility index (Phi) is 5.76. The highest BCUT2D eigenvalue weighted by Gasteiger charge is 2.07. The highest BCUT2D eigenvalue weighted by Crippen LogP contribution is 2.21. The summed E-state index contributed by atoms with van der Waals surface area (Å²) >= 11 is 3.10.